The van der Waals surface area contributed by atoms with Crippen molar-refractivity contribution in [3.05, 3.63) is 41.0 Å². The lowest BCUT2D eigenvalue weighted by Gasteiger charge is -2.35. The average molecular weight is 485 g/mol. The minimum atomic E-state index is -0.537. The van der Waals surface area contributed by atoms with E-state index in [4.69, 9.17) is 0 Å². The molecule has 8 heteroatoms. The van der Waals surface area contributed by atoms with E-state index in [0.29, 0.717) is 13.0 Å². The molecule has 34 heavy (non-hydrogen) atoms. The normalized spacial score (nSPS) is 17.9. The molecule has 1 aromatic heterocycles. The maximum Gasteiger partial charge on any atom is 0.243 e. The summed E-state index contributed by atoms with van der Waals surface area (Å²) in [6.45, 7) is 12.0. The predicted octanol–water partition coefficient (Wildman–Crippen LogP) is 3.88. The molecule has 3 rings (SSSR count). The molecule has 1 aliphatic rings. The molecule has 184 valence electrons. The highest BCUT2D eigenvalue weighted by Gasteiger charge is 2.41. The van der Waals surface area contributed by atoms with Crippen molar-refractivity contribution in [2.45, 2.75) is 72.5 Å². The minimum absolute atomic E-state index is 0.0249. The SMILES string of the molecule is CC(=O)CN[C@H](C(=O)N1CCC[C@H]1C(=O)N[C@@H](C)c1ccc(-c2scnc2C)cc1)C(C)(C)C. The Morgan fingerprint density at radius 2 is 1.88 bits per heavy atom. The first kappa shape index (κ1) is 26.0. The van der Waals surface area contributed by atoms with Gasteiger partial charge in [-0.1, -0.05) is 45.0 Å². The van der Waals surface area contributed by atoms with Gasteiger partial charge >= 0.3 is 0 Å². The summed E-state index contributed by atoms with van der Waals surface area (Å²) in [4.78, 5) is 45.3. The second kappa shape index (κ2) is 10.8. The van der Waals surface area contributed by atoms with Crippen molar-refractivity contribution >= 4 is 28.9 Å². The number of thiazole rings is 1. The van der Waals surface area contributed by atoms with Crippen LogP contribution in [0.15, 0.2) is 29.8 Å². The van der Waals surface area contributed by atoms with Crippen LogP contribution in [0.2, 0.25) is 0 Å². The van der Waals surface area contributed by atoms with E-state index >= 15 is 0 Å². The molecule has 0 aliphatic carbocycles. The molecule has 7 nitrogen and oxygen atoms in total. The zero-order chi connectivity index (χ0) is 25.0. The molecule has 2 aromatic rings. The van der Waals surface area contributed by atoms with Crippen molar-refractivity contribution in [2.75, 3.05) is 13.1 Å². The van der Waals surface area contributed by atoms with Gasteiger partial charge in [0, 0.05) is 6.54 Å². The quantitative estimate of drug-likeness (QED) is 0.593. The van der Waals surface area contributed by atoms with Crippen molar-refractivity contribution in [1.29, 1.82) is 0 Å². The average Bonchev–Trinajstić information content (AvgIpc) is 3.41. The van der Waals surface area contributed by atoms with E-state index in [-0.39, 0.29) is 35.6 Å². The minimum Gasteiger partial charge on any atom is -0.348 e. The van der Waals surface area contributed by atoms with Gasteiger partial charge in [0.25, 0.3) is 0 Å². The number of hydrogen-bond acceptors (Lipinski definition) is 6. The molecule has 1 aromatic carbocycles. The number of benzene rings is 1. The van der Waals surface area contributed by atoms with Crippen LogP contribution in [0.25, 0.3) is 10.4 Å². The van der Waals surface area contributed by atoms with Crippen molar-refractivity contribution in [3.63, 3.8) is 0 Å². The number of likely N-dealkylation sites (tertiary alicyclic amines) is 1. The third kappa shape index (κ3) is 6.10. The highest BCUT2D eigenvalue weighted by atomic mass is 32.1. The summed E-state index contributed by atoms with van der Waals surface area (Å²) in [6.07, 6.45) is 1.42. The van der Waals surface area contributed by atoms with Gasteiger partial charge in [0.05, 0.1) is 34.7 Å². The lowest BCUT2D eigenvalue weighted by Crippen LogP contribution is -2.57. The Hall–Kier alpha value is -2.58. The molecule has 0 bridgehead atoms. The van der Waals surface area contributed by atoms with Crippen LogP contribution in [0.1, 0.15) is 64.8 Å². The number of carbonyl (C=O) groups is 3. The molecule has 1 fully saturated rings. The van der Waals surface area contributed by atoms with Crippen molar-refractivity contribution in [3.8, 4) is 10.4 Å². The van der Waals surface area contributed by atoms with E-state index in [0.717, 1.165) is 28.1 Å². The molecule has 1 aliphatic heterocycles. The second-order valence-corrected chi connectivity index (χ2v) is 11.0. The fraction of sp³-hybridized carbons (Fsp3) is 0.538. The van der Waals surface area contributed by atoms with E-state index in [9.17, 15) is 14.4 Å². The van der Waals surface area contributed by atoms with Gasteiger partial charge in [0.1, 0.15) is 11.8 Å². The zero-order valence-corrected chi connectivity index (χ0v) is 21.8. The van der Waals surface area contributed by atoms with E-state index in [1.165, 1.54) is 6.92 Å². The molecule has 0 radical (unpaired) electrons. The van der Waals surface area contributed by atoms with E-state index in [1.807, 2.05) is 52.3 Å². The van der Waals surface area contributed by atoms with Gasteiger partial charge in [0.2, 0.25) is 11.8 Å². The lowest BCUT2D eigenvalue weighted by atomic mass is 9.85. The fourth-order valence-corrected chi connectivity index (χ4v) is 5.19. The van der Waals surface area contributed by atoms with Crippen LogP contribution in [-0.2, 0) is 14.4 Å². The number of ketones is 1. The Morgan fingerprint density at radius 3 is 2.44 bits per heavy atom. The molecule has 0 spiro atoms. The van der Waals surface area contributed by atoms with Crippen molar-refractivity contribution in [2.24, 2.45) is 5.41 Å². The summed E-state index contributed by atoms with van der Waals surface area (Å²) >= 11 is 1.61. The van der Waals surface area contributed by atoms with E-state index in [1.54, 1.807) is 16.2 Å². The van der Waals surface area contributed by atoms with Gasteiger partial charge in [-0.05, 0) is 50.2 Å². The largest absolute Gasteiger partial charge is 0.348 e. The van der Waals surface area contributed by atoms with Crippen molar-refractivity contribution in [1.82, 2.24) is 20.5 Å². The monoisotopic (exact) mass is 484 g/mol. The van der Waals surface area contributed by atoms with Crippen LogP contribution < -0.4 is 10.6 Å². The van der Waals surface area contributed by atoms with Gasteiger partial charge < -0.3 is 10.2 Å². The standard InChI is InChI=1S/C26H36N4O3S/c1-16(31)14-27-23(26(4,5)6)25(33)30-13-7-8-21(30)24(32)29-17(2)19-9-11-20(12-10-19)22-18(3)28-15-34-22/h9-12,15,17,21,23,27H,7-8,13-14H2,1-6H3,(H,29,32)/t17-,21-,23+/m0/s1. The number of aromatic nitrogens is 1. The maximum absolute atomic E-state index is 13.4. The third-order valence-electron chi connectivity index (χ3n) is 6.28. The smallest absolute Gasteiger partial charge is 0.243 e. The first-order chi connectivity index (χ1) is 16.0. The molecule has 1 saturated heterocycles. The van der Waals surface area contributed by atoms with Crippen LogP contribution in [0.3, 0.4) is 0 Å². The molecule has 0 saturated carbocycles. The Balaban J connectivity index is 1.68. The topological polar surface area (TPSA) is 91.4 Å². The Labute approximate surface area is 206 Å². The molecule has 2 heterocycles. The number of aryl methyl sites for hydroxylation is 1. The Kier molecular flexibility index (Phi) is 8.25. The maximum atomic E-state index is 13.4. The lowest BCUT2D eigenvalue weighted by molar-refractivity contribution is -0.142. The van der Waals surface area contributed by atoms with Crippen LogP contribution >= 0.6 is 11.3 Å². The van der Waals surface area contributed by atoms with E-state index in [2.05, 4.69) is 27.8 Å². The second-order valence-electron chi connectivity index (χ2n) is 10.2. The summed E-state index contributed by atoms with van der Waals surface area (Å²) in [5.74, 6) is -0.286. The van der Waals surface area contributed by atoms with Gasteiger partial charge in [-0.15, -0.1) is 11.3 Å². The number of nitrogens with zero attached hydrogens (tertiary/aromatic N) is 2. The fourth-order valence-electron chi connectivity index (χ4n) is 4.37. The zero-order valence-electron chi connectivity index (χ0n) is 21.0. The summed E-state index contributed by atoms with van der Waals surface area (Å²) in [5.41, 5.74) is 4.58. The first-order valence-electron chi connectivity index (χ1n) is 11.8. The van der Waals surface area contributed by atoms with Crippen molar-refractivity contribution < 1.29 is 14.4 Å². The molecular formula is C26H36N4O3S. The predicted molar refractivity (Wildman–Crippen MR) is 136 cm³/mol. The van der Waals surface area contributed by atoms with Crippen LogP contribution in [0.5, 0.6) is 0 Å². The number of carbonyl (C=O) groups excluding carboxylic acids is 3. The van der Waals surface area contributed by atoms with Gasteiger partial charge in [-0.2, -0.15) is 0 Å². The molecular weight excluding hydrogens is 448 g/mol. The van der Waals surface area contributed by atoms with Crippen LogP contribution in [-0.4, -0.2) is 52.7 Å². The third-order valence-corrected chi connectivity index (χ3v) is 7.26. The first-order valence-corrected chi connectivity index (χ1v) is 12.7. The van der Waals surface area contributed by atoms with Gasteiger partial charge in [-0.25, -0.2) is 4.98 Å². The van der Waals surface area contributed by atoms with Crippen LogP contribution in [0.4, 0.5) is 0 Å². The number of rotatable bonds is 8. The summed E-state index contributed by atoms with van der Waals surface area (Å²) in [7, 11) is 0. The Bertz CT molecular complexity index is 1030. The highest BCUT2D eigenvalue weighted by Crippen LogP contribution is 2.29. The number of Topliss-reactive ketones (excluding diaryl/α,β-unsaturated/α-hetero) is 1. The molecule has 2 N–H and O–H groups in total. The van der Waals surface area contributed by atoms with Gasteiger partial charge in [-0.3, -0.25) is 19.7 Å². The van der Waals surface area contributed by atoms with Crippen LogP contribution in [0, 0.1) is 12.3 Å². The highest BCUT2D eigenvalue weighted by molar-refractivity contribution is 7.13. The number of nitrogens with one attached hydrogen (secondary N) is 2. The van der Waals surface area contributed by atoms with E-state index < -0.39 is 12.1 Å². The summed E-state index contributed by atoms with van der Waals surface area (Å²) < 4.78 is 0. The molecule has 2 amide bonds. The Morgan fingerprint density at radius 1 is 1.21 bits per heavy atom. The molecule has 3 atom stereocenters. The summed E-state index contributed by atoms with van der Waals surface area (Å²) in [6, 6.07) is 6.94. The van der Waals surface area contributed by atoms with Gasteiger partial charge in [0.15, 0.2) is 0 Å². The number of hydrogen-bond donors (Lipinski definition) is 2. The summed E-state index contributed by atoms with van der Waals surface area (Å²) in [5, 5.41) is 6.21. The number of amides is 2. The molecule has 0 unspecified atom stereocenters.